The Morgan fingerprint density at radius 1 is 1.40 bits per heavy atom. The van der Waals surface area contributed by atoms with E-state index in [1.54, 1.807) is 15.6 Å². The van der Waals surface area contributed by atoms with E-state index in [1.807, 2.05) is 20.2 Å². The first-order chi connectivity index (χ1) is 7.06. The summed E-state index contributed by atoms with van der Waals surface area (Å²) in [5.74, 6) is 0.352. The maximum absolute atomic E-state index is 5.81. The number of aromatic nitrogens is 4. The molecular formula is C9H12ClN5. The van der Waals surface area contributed by atoms with E-state index in [-0.39, 0.29) is 0 Å². The van der Waals surface area contributed by atoms with Crippen LogP contribution in [0.2, 0.25) is 5.02 Å². The van der Waals surface area contributed by atoms with Crippen molar-refractivity contribution in [1.82, 2.24) is 19.6 Å². The molecule has 0 bridgehead atoms. The summed E-state index contributed by atoms with van der Waals surface area (Å²) >= 11 is 5.81. The second kappa shape index (κ2) is 3.58. The van der Waals surface area contributed by atoms with E-state index in [4.69, 9.17) is 17.3 Å². The van der Waals surface area contributed by atoms with Crippen molar-refractivity contribution in [2.75, 3.05) is 5.73 Å². The van der Waals surface area contributed by atoms with E-state index in [1.165, 1.54) is 0 Å². The molecule has 0 saturated heterocycles. The fourth-order valence-electron chi connectivity index (χ4n) is 1.46. The molecule has 0 spiro atoms. The molecule has 0 unspecified atom stereocenters. The third kappa shape index (κ3) is 1.97. The molecule has 0 amide bonds. The molecule has 0 fully saturated rings. The van der Waals surface area contributed by atoms with Gasteiger partial charge in [-0.3, -0.25) is 9.36 Å². The van der Waals surface area contributed by atoms with Gasteiger partial charge in [-0.15, -0.1) is 0 Å². The second-order valence-corrected chi connectivity index (χ2v) is 3.90. The number of nitrogen functional groups attached to an aromatic ring is 1. The molecule has 2 heterocycles. The molecule has 0 aliphatic heterocycles. The zero-order valence-electron chi connectivity index (χ0n) is 8.61. The lowest BCUT2D eigenvalue weighted by atomic mass is 10.3. The first-order valence-electron chi connectivity index (χ1n) is 4.54. The zero-order chi connectivity index (χ0) is 11.0. The van der Waals surface area contributed by atoms with Crippen molar-refractivity contribution in [2.24, 2.45) is 7.05 Å². The largest absolute Gasteiger partial charge is 0.381 e. The van der Waals surface area contributed by atoms with Crippen LogP contribution in [0.1, 0.15) is 11.3 Å². The summed E-state index contributed by atoms with van der Waals surface area (Å²) in [7, 11) is 1.89. The third-order valence-corrected chi connectivity index (χ3v) is 2.46. The smallest absolute Gasteiger partial charge is 0.164 e. The first kappa shape index (κ1) is 10.0. The Hall–Kier alpha value is -1.49. The molecule has 2 rings (SSSR count). The fourth-order valence-corrected chi connectivity index (χ4v) is 1.61. The van der Waals surface area contributed by atoms with Gasteiger partial charge in [0.1, 0.15) is 5.02 Å². The minimum atomic E-state index is 0.352. The Morgan fingerprint density at radius 3 is 2.60 bits per heavy atom. The zero-order valence-corrected chi connectivity index (χ0v) is 9.36. The summed E-state index contributed by atoms with van der Waals surface area (Å²) in [6, 6.07) is 0. The second-order valence-electron chi connectivity index (χ2n) is 3.49. The average Bonchev–Trinajstić information content (AvgIpc) is 2.59. The molecule has 2 N–H and O–H groups in total. The van der Waals surface area contributed by atoms with Gasteiger partial charge in [-0.1, -0.05) is 11.6 Å². The Kier molecular flexibility index (Phi) is 2.40. The van der Waals surface area contributed by atoms with Crippen molar-refractivity contribution in [3.05, 3.63) is 28.7 Å². The lowest BCUT2D eigenvalue weighted by Gasteiger charge is -1.98. The van der Waals surface area contributed by atoms with Crippen molar-refractivity contribution < 1.29 is 0 Å². The standard InChI is InChI=1S/C9H12ClN5/c1-6-3-14(2)12-8(6)5-15-4-7(10)9(11)13-15/h3-4H,5H2,1-2H3,(H2,11,13). The number of aryl methyl sites for hydroxylation is 2. The van der Waals surface area contributed by atoms with Gasteiger partial charge < -0.3 is 5.73 Å². The van der Waals surface area contributed by atoms with Crippen molar-refractivity contribution in [3.8, 4) is 0 Å². The van der Waals surface area contributed by atoms with Gasteiger partial charge in [-0.2, -0.15) is 10.2 Å². The van der Waals surface area contributed by atoms with Crippen LogP contribution in [-0.2, 0) is 13.6 Å². The predicted octanol–water partition coefficient (Wildman–Crippen LogP) is 1.21. The van der Waals surface area contributed by atoms with E-state index in [0.717, 1.165) is 11.3 Å². The number of rotatable bonds is 2. The Morgan fingerprint density at radius 2 is 2.13 bits per heavy atom. The van der Waals surface area contributed by atoms with Crippen molar-refractivity contribution >= 4 is 17.4 Å². The van der Waals surface area contributed by atoms with Crippen molar-refractivity contribution in [2.45, 2.75) is 13.5 Å². The monoisotopic (exact) mass is 225 g/mol. The highest BCUT2D eigenvalue weighted by molar-refractivity contribution is 6.32. The summed E-state index contributed by atoms with van der Waals surface area (Å²) in [5, 5.41) is 8.86. The molecule has 0 radical (unpaired) electrons. The highest BCUT2D eigenvalue weighted by atomic mass is 35.5. The van der Waals surface area contributed by atoms with Crippen LogP contribution in [0.25, 0.3) is 0 Å². The van der Waals surface area contributed by atoms with Crippen LogP contribution in [-0.4, -0.2) is 19.6 Å². The van der Waals surface area contributed by atoms with Crippen LogP contribution in [0.15, 0.2) is 12.4 Å². The maximum Gasteiger partial charge on any atom is 0.164 e. The molecule has 0 atom stereocenters. The quantitative estimate of drug-likeness (QED) is 0.836. The normalized spacial score (nSPS) is 10.9. The number of hydrogen-bond acceptors (Lipinski definition) is 3. The molecule has 6 heteroatoms. The predicted molar refractivity (Wildman–Crippen MR) is 58.7 cm³/mol. The summed E-state index contributed by atoms with van der Waals surface area (Å²) in [5.41, 5.74) is 7.64. The number of anilines is 1. The van der Waals surface area contributed by atoms with E-state index in [9.17, 15) is 0 Å². The summed E-state index contributed by atoms with van der Waals surface area (Å²) < 4.78 is 3.46. The third-order valence-electron chi connectivity index (χ3n) is 2.17. The Labute approximate surface area is 92.4 Å². The van der Waals surface area contributed by atoms with Crippen LogP contribution in [0.4, 0.5) is 5.82 Å². The summed E-state index contributed by atoms with van der Waals surface area (Å²) in [4.78, 5) is 0. The van der Waals surface area contributed by atoms with Crippen LogP contribution in [0.3, 0.4) is 0 Å². The van der Waals surface area contributed by atoms with E-state index in [2.05, 4.69) is 10.2 Å². The molecule has 5 nitrogen and oxygen atoms in total. The van der Waals surface area contributed by atoms with Crippen LogP contribution in [0, 0.1) is 6.92 Å². The van der Waals surface area contributed by atoms with Crippen molar-refractivity contribution in [1.29, 1.82) is 0 Å². The minimum Gasteiger partial charge on any atom is -0.381 e. The van der Waals surface area contributed by atoms with Gasteiger partial charge in [0.2, 0.25) is 0 Å². The van der Waals surface area contributed by atoms with Gasteiger partial charge >= 0.3 is 0 Å². The van der Waals surface area contributed by atoms with E-state index < -0.39 is 0 Å². The van der Waals surface area contributed by atoms with Crippen LogP contribution < -0.4 is 5.73 Å². The molecule has 0 aromatic carbocycles. The minimum absolute atomic E-state index is 0.352. The molecule has 80 valence electrons. The molecular weight excluding hydrogens is 214 g/mol. The maximum atomic E-state index is 5.81. The van der Waals surface area contributed by atoms with Gasteiger partial charge in [0.15, 0.2) is 5.82 Å². The number of halogens is 1. The SMILES string of the molecule is Cc1cn(C)nc1Cn1cc(Cl)c(N)n1. The van der Waals surface area contributed by atoms with Crippen LogP contribution >= 0.6 is 11.6 Å². The van der Waals surface area contributed by atoms with E-state index in [0.29, 0.717) is 17.4 Å². The molecule has 0 aliphatic carbocycles. The van der Waals surface area contributed by atoms with Gasteiger partial charge in [-0.25, -0.2) is 0 Å². The number of nitrogens with two attached hydrogens (primary N) is 1. The van der Waals surface area contributed by atoms with E-state index >= 15 is 0 Å². The number of hydrogen-bond donors (Lipinski definition) is 1. The molecule has 2 aromatic rings. The molecule has 0 aliphatic rings. The lowest BCUT2D eigenvalue weighted by Crippen LogP contribution is -2.03. The van der Waals surface area contributed by atoms with Gasteiger partial charge in [-0.05, 0) is 12.5 Å². The summed E-state index contributed by atoms with van der Waals surface area (Å²) in [6.07, 6.45) is 3.66. The van der Waals surface area contributed by atoms with Gasteiger partial charge in [0.25, 0.3) is 0 Å². The highest BCUT2D eigenvalue weighted by Crippen LogP contribution is 2.16. The van der Waals surface area contributed by atoms with Crippen molar-refractivity contribution in [3.63, 3.8) is 0 Å². The van der Waals surface area contributed by atoms with Gasteiger partial charge in [0, 0.05) is 19.4 Å². The Balaban J connectivity index is 2.25. The molecule has 2 aromatic heterocycles. The Bertz CT molecular complexity index is 465. The molecule has 15 heavy (non-hydrogen) atoms. The first-order valence-corrected chi connectivity index (χ1v) is 4.91. The lowest BCUT2D eigenvalue weighted by molar-refractivity contribution is 0.651. The highest BCUT2D eigenvalue weighted by Gasteiger charge is 2.07. The fraction of sp³-hybridized carbons (Fsp3) is 0.333. The topological polar surface area (TPSA) is 61.7 Å². The average molecular weight is 226 g/mol. The number of nitrogens with zero attached hydrogens (tertiary/aromatic N) is 4. The van der Waals surface area contributed by atoms with Crippen LogP contribution in [0.5, 0.6) is 0 Å². The van der Waals surface area contributed by atoms with Gasteiger partial charge in [0.05, 0.1) is 12.2 Å². The summed E-state index contributed by atoms with van der Waals surface area (Å²) in [6.45, 7) is 2.60. The molecule has 0 saturated carbocycles.